The van der Waals surface area contributed by atoms with Crippen LogP contribution in [-0.4, -0.2) is 89.0 Å². The van der Waals surface area contributed by atoms with Gasteiger partial charge in [0.15, 0.2) is 12.4 Å². The van der Waals surface area contributed by atoms with Crippen LogP contribution in [0.4, 0.5) is 0 Å². The van der Waals surface area contributed by atoms with Crippen molar-refractivity contribution < 1.29 is 49.0 Å². The van der Waals surface area contributed by atoms with Crippen molar-refractivity contribution in [2.24, 2.45) is 0 Å². The third-order valence-corrected chi connectivity index (χ3v) is 7.91. The zero-order valence-corrected chi connectivity index (χ0v) is 32.9. The number of ether oxygens (including phenoxy) is 4. The van der Waals surface area contributed by atoms with Gasteiger partial charge in [-0.2, -0.15) is 0 Å². The Bertz CT molecular complexity index is 1300. The smallest absolute Gasteiger partial charge is 0.310 e. The fourth-order valence-corrected chi connectivity index (χ4v) is 4.86. The van der Waals surface area contributed by atoms with Gasteiger partial charge in [-0.05, 0) is 64.2 Å². The minimum absolute atomic E-state index is 0.0157. The third-order valence-electron chi connectivity index (χ3n) is 7.91. The van der Waals surface area contributed by atoms with Gasteiger partial charge in [0.25, 0.3) is 0 Å². The van der Waals surface area contributed by atoms with E-state index in [0.29, 0.717) is 12.8 Å². The van der Waals surface area contributed by atoms with Crippen molar-refractivity contribution >= 4 is 11.9 Å². The monoisotopic (exact) mass is 766 g/mol. The average molecular weight is 767 g/mol. The first-order chi connectivity index (χ1) is 26.8. The molecule has 1 rings (SSSR count). The quantitative estimate of drug-likeness (QED) is 0.0444. The van der Waals surface area contributed by atoms with Gasteiger partial charge in [-0.1, -0.05) is 135 Å². The highest BCUT2D eigenvalue weighted by Gasteiger charge is 2.44. The summed E-state index contributed by atoms with van der Waals surface area (Å²) < 4.78 is 21.8. The highest BCUT2D eigenvalue weighted by atomic mass is 16.7. The van der Waals surface area contributed by atoms with E-state index in [4.69, 9.17) is 18.9 Å². The molecule has 0 spiro atoms. The fraction of sp³-hybridized carbons (Fsp3) is 0.511. The Morgan fingerprint density at radius 1 is 0.527 bits per heavy atom. The van der Waals surface area contributed by atoms with Crippen LogP contribution in [0.1, 0.15) is 90.9 Å². The van der Waals surface area contributed by atoms with E-state index in [2.05, 4.69) is 92.8 Å². The molecule has 0 radical (unpaired) electrons. The normalized spacial score (nSPS) is 21.9. The molecule has 6 atom stereocenters. The van der Waals surface area contributed by atoms with Crippen molar-refractivity contribution in [2.75, 3.05) is 19.8 Å². The number of hydrogen-bond donors (Lipinski definition) is 4. The van der Waals surface area contributed by atoms with Crippen LogP contribution in [-0.2, 0) is 28.5 Å². The van der Waals surface area contributed by atoms with Crippen molar-refractivity contribution in [3.63, 3.8) is 0 Å². The van der Waals surface area contributed by atoms with Crippen LogP contribution in [0, 0.1) is 0 Å². The number of carbonyl (C=O) groups excluding carboxylic acids is 2. The zero-order chi connectivity index (χ0) is 40.2. The van der Waals surface area contributed by atoms with Gasteiger partial charge in [0, 0.05) is 0 Å². The molecule has 0 aromatic heterocycles. The molecule has 10 heteroatoms. The Morgan fingerprint density at radius 2 is 0.909 bits per heavy atom. The van der Waals surface area contributed by atoms with E-state index in [9.17, 15) is 30.0 Å². The molecular weight excluding hydrogens is 700 g/mol. The Morgan fingerprint density at radius 3 is 1.31 bits per heavy atom. The van der Waals surface area contributed by atoms with E-state index in [-0.39, 0.29) is 26.1 Å². The van der Waals surface area contributed by atoms with Crippen molar-refractivity contribution in [2.45, 2.75) is 128 Å². The number of carbonyl (C=O) groups is 2. The van der Waals surface area contributed by atoms with Crippen LogP contribution in [0.15, 0.2) is 122 Å². The molecule has 1 fully saturated rings. The molecule has 1 aliphatic rings. The first-order valence-corrected chi connectivity index (χ1v) is 19.6. The Kier molecular flexibility index (Phi) is 30.9. The van der Waals surface area contributed by atoms with E-state index in [0.717, 1.165) is 51.4 Å². The highest BCUT2D eigenvalue weighted by molar-refractivity contribution is 5.72. The number of esters is 2. The van der Waals surface area contributed by atoms with E-state index in [1.54, 1.807) is 12.2 Å². The van der Waals surface area contributed by atoms with Gasteiger partial charge in [-0.25, -0.2) is 0 Å². The topological polar surface area (TPSA) is 152 Å². The van der Waals surface area contributed by atoms with E-state index in [1.807, 2.05) is 30.4 Å². The van der Waals surface area contributed by atoms with Gasteiger partial charge in [0.1, 0.15) is 31.0 Å². The molecule has 10 nitrogen and oxygen atoms in total. The number of rotatable bonds is 29. The third kappa shape index (κ3) is 26.5. The minimum atomic E-state index is -1.63. The van der Waals surface area contributed by atoms with Crippen molar-refractivity contribution in [1.29, 1.82) is 0 Å². The predicted molar refractivity (Wildman–Crippen MR) is 219 cm³/mol. The van der Waals surface area contributed by atoms with E-state index < -0.39 is 55.4 Å². The van der Waals surface area contributed by atoms with Crippen LogP contribution in [0.2, 0.25) is 0 Å². The Balaban J connectivity index is 2.54. The van der Waals surface area contributed by atoms with Crippen LogP contribution in [0.3, 0.4) is 0 Å². The molecule has 306 valence electrons. The summed E-state index contributed by atoms with van der Waals surface area (Å²) >= 11 is 0. The van der Waals surface area contributed by atoms with Crippen LogP contribution in [0.5, 0.6) is 0 Å². The number of allylic oxidation sites excluding steroid dienone is 18. The Labute approximate surface area is 329 Å². The first kappa shape index (κ1) is 49.1. The lowest BCUT2D eigenvalue weighted by Crippen LogP contribution is -2.59. The maximum atomic E-state index is 12.7. The van der Waals surface area contributed by atoms with Gasteiger partial charge < -0.3 is 39.4 Å². The van der Waals surface area contributed by atoms with E-state index in [1.165, 1.54) is 0 Å². The summed E-state index contributed by atoms with van der Waals surface area (Å²) in [6.45, 7) is 2.94. The molecule has 1 aliphatic heterocycles. The maximum absolute atomic E-state index is 12.7. The van der Waals surface area contributed by atoms with Crippen LogP contribution >= 0.6 is 0 Å². The molecule has 0 bridgehead atoms. The van der Waals surface area contributed by atoms with Crippen molar-refractivity contribution in [3.8, 4) is 0 Å². The summed E-state index contributed by atoms with van der Waals surface area (Å²) in [5.74, 6) is -1.12. The summed E-state index contributed by atoms with van der Waals surface area (Å²) in [7, 11) is 0. The largest absolute Gasteiger partial charge is 0.461 e. The molecule has 4 N–H and O–H groups in total. The lowest BCUT2D eigenvalue weighted by atomic mass is 9.99. The number of aliphatic hydroxyl groups is 4. The second-order valence-electron chi connectivity index (χ2n) is 12.6. The SMILES string of the molecule is CC/C=C\C/C=C\C/C=C\C/C=C\C/C=C\CC(=O)OC[C@H](COC1OC(CO)C(O)C(O)C1O)OC(=O)C/C=C\C/C=C\C/C=C\C/C=C\C/C=C\CC. The summed E-state index contributed by atoms with van der Waals surface area (Å²) in [6, 6.07) is 0. The van der Waals surface area contributed by atoms with Gasteiger partial charge in [-0.15, -0.1) is 0 Å². The van der Waals surface area contributed by atoms with Gasteiger partial charge in [0.2, 0.25) is 0 Å². The summed E-state index contributed by atoms with van der Waals surface area (Å²) in [5.41, 5.74) is 0. The maximum Gasteiger partial charge on any atom is 0.310 e. The summed E-state index contributed by atoms with van der Waals surface area (Å²) in [4.78, 5) is 25.1. The van der Waals surface area contributed by atoms with Crippen LogP contribution < -0.4 is 0 Å². The number of aliphatic hydroxyl groups excluding tert-OH is 4. The second kappa shape index (κ2) is 34.6. The average Bonchev–Trinajstić information content (AvgIpc) is 3.18. The molecule has 55 heavy (non-hydrogen) atoms. The molecule has 1 saturated heterocycles. The summed E-state index contributed by atoms with van der Waals surface area (Å²) in [5, 5.41) is 39.9. The van der Waals surface area contributed by atoms with Crippen LogP contribution in [0.25, 0.3) is 0 Å². The molecule has 0 aromatic rings. The molecule has 0 saturated carbocycles. The van der Waals surface area contributed by atoms with Crippen molar-refractivity contribution in [3.05, 3.63) is 122 Å². The molecular formula is C45H66O10. The predicted octanol–water partition coefficient (Wildman–Crippen LogP) is 7.54. The van der Waals surface area contributed by atoms with Gasteiger partial charge >= 0.3 is 11.9 Å². The van der Waals surface area contributed by atoms with Gasteiger partial charge in [-0.3, -0.25) is 9.59 Å². The molecule has 1 heterocycles. The second-order valence-corrected chi connectivity index (χ2v) is 12.6. The van der Waals surface area contributed by atoms with Gasteiger partial charge in [0.05, 0.1) is 26.1 Å². The number of hydrogen-bond acceptors (Lipinski definition) is 10. The molecule has 0 aliphatic carbocycles. The highest BCUT2D eigenvalue weighted by Crippen LogP contribution is 2.22. The molecule has 0 aromatic carbocycles. The molecule has 0 amide bonds. The molecule has 5 unspecified atom stereocenters. The Hall–Kier alpha value is -3.90. The zero-order valence-electron chi connectivity index (χ0n) is 32.9. The first-order valence-electron chi connectivity index (χ1n) is 19.6. The standard InChI is InChI=1S/C45H66O10/c1-3-5-7-9-11-13-15-17-19-21-23-25-27-29-31-33-40(47)52-36-38(37-53-45-44(51)43(50)42(49)39(35-46)55-45)54-41(48)34-32-30-28-26-24-22-20-18-16-14-12-10-8-6-4-2/h5-8,11-14,17-20,23-26,29-32,38-39,42-46,49-51H,3-4,9-10,15-16,21-22,27-28,33-37H2,1-2H3/b7-5-,8-6-,13-11-,14-12-,19-17-,20-18-,25-23-,26-24-,31-29-,32-30-/t38-,39?,42?,43?,44?,45?/m1/s1. The lowest BCUT2D eigenvalue weighted by molar-refractivity contribution is -0.305. The fourth-order valence-electron chi connectivity index (χ4n) is 4.86. The lowest BCUT2D eigenvalue weighted by Gasteiger charge is -2.39. The summed E-state index contributed by atoms with van der Waals surface area (Å²) in [6.07, 6.45) is 41.2. The minimum Gasteiger partial charge on any atom is -0.461 e. The van der Waals surface area contributed by atoms with E-state index >= 15 is 0 Å². The van der Waals surface area contributed by atoms with Crippen molar-refractivity contribution in [1.82, 2.24) is 0 Å².